The molecule has 0 bridgehead atoms. The molecule has 0 atom stereocenters. The molecule has 2 aromatic rings. The Morgan fingerprint density at radius 3 is 2.61 bits per heavy atom. The van der Waals surface area contributed by atoms with Gasteiger partial charge in [0.05, 0.1) is 17.6 Å². The summed E-state index contributed by atoms with van der Waals surface area (Å²) in [7, 11) is 0. The van der Waals surface area contributed by atoms with Gasteiger partial charge in [-0.2, -0.15) is 0 Å². The molecule has 0 unspecified atom stereocenters. The number of nitrogens with one attached hydrogen (secondary N) is 2. The quantitative estimate of drug-likeness (QED) is 0.827. The van der Waals surface area contributed by atoms with E-state index in [1.807, 2.05) is 46.8 Å². The van der Waals surface area contributed by atoms with Crippen LogP contribution in [-0.4, -0.2) is 28.1 Å². The molecule has 0 aliphatic carbocycles. The molecular formula is C18H29N3O2. The molecule has 0 fully saturated rings. The van der Waals surface area contributed by atoms with Gasteiger partial charge in [-0.1, -0.05) is 26.8 Å². The van der Waals surface area contributed by atoms with Crippen molar-refractivity contribution in [2.24, 2.45) is 0 Å². The molecule has 5 heteroatoms. The van der Waals surface area contributed by atoms with Crippen LogP contribution in [0.15, 0.2) is 18.2 Å². The number of fused-ring (bicyclic) bond motifs is 1. The molecular weight excluding hydrogens is 290 g/mol. The number of rotatable bonds is 5. The minimum Gasteiger partial charge on any atom is -0.459 e. The molecule has 0 spiro atoms. The number of aryl methyl sites for hydroxylation is 1. The SMILES string of the molecule is CC.CCc1nc2ccc(CNCC(=O)OC(C)(C)C)cc2[nH]1. The lowest BCUT2D eigenvalue weighted by Gasteiger charge is -2.19. The third-order valence-corrected chi connectivity index (χ3v) is 2.95. The number of H-pyrrole nitrogens is 1. The van der Waals surface area contributed by atoms with Gasteiger partial charge in [-0.3, -0.25) is 4.79 Å². The Balaban J connectivity index is 0.00000127. The van der Waals surface area contributed by atoms with Gasteiger partial charge in [-0.15, -0.1) is 0 Å². The van der Waals surface area contributed by atoms with Crippen molar-refractivity contribution in [1.29, 1.82) is 0 Å². The Morgan fingerprint density at radius 2 is 2.00 bits per heavy atom. The van der Waals surface area contributed by atoms with E-state index < -0.39 is 5.60 Å². The van der Waals surface area contributed by atoms with E-state index in [1.54, 1.807) is 0 Å². The smallest absolute Gasteiger partial charge is 0.320 e. The Morgan fingerprint density at radius 1 is 1.30 bits per heavy atom. The fraction of sp³-hybridized carbons (Fsp3) is 0.556. The Labute approximate surface area is 138 Å². The van der Waals surface area contributed by atoms with Crippen molar-refractivity contribution in [2.45, 2.75) is 60.1 Å². The second-order valence-corrected chi connectivity index (χ2v) is 6.08. The van der Waals surface area contributed by atoms with Gasteiger partial charge in [0.25, 0.3) is 0 Å². The minimum absolute atomic E-state index is 0.207. The zero-order valence-corrected chi connectivity index (χ0v) is 15.1. The van der Waals surface area contributed by atoms with E-state index in [1.165, 1.54) is 0 Å². The third-order valence-electron chi connectivity index (χ3n) is 2.95. The highest BCUT2D eigenvalue weighted by atomic mass is 16.6. The predicted octanol–water partition coefficient (Wildman–Crippen LogP) is 3.58. The maximum atomic E-state index is 11.6. The average molecular weight is 319 g/mol. The van der Waals surface area contributed by atoms with Crippen molar-refractivity contribution in [2.75, 3.05) is 6.54 Å². The maximum absolute atomic E-state index is 11.6. The molecule has 1 aromatic heterocycles. The summed E-state index contributed by atoms with van der Waals surface area (Å²) in [6, 6.07) is 6.07. The van der Waals surface area contributed by atoms with E-state index in [4.69, 9.17) is 4.74 Å². The Kier molecular flexibility index (Phi) is 7.23. The molecule has 0 saturated heterocycles. The fourth-order valence-electron chi connectivity index (χ4n) is 2.07. The summed E-state index contributed by atoms with van der Waals surface area (Å²) < 4.78 is 5.25. The number of esters is 1. The zero-order chi connectivity index (χ0) is 17.5. The number of aromatic nitrogens is 2. The van der Waals surface area contributed by atoms with Crippen molar-refractivity contribution in [3.63, 3.8) is 0 Å². The lowest BCUT2D eigenvalue weighted by Crippen LogP contribution is -2.31. The summed E-state index contributed by atoms with van der Waals surface area (Å²) in [5, 5.41) is 3.10. The highest BCUT2D eigenvalue weighted by Gasteiger charge is 2.15. The molecule has 0 aliphatic heterocycles. The second-order valence-electron chi connectivity index (χ2n) is 6.08. The number of carbonyl (C=O) groups is 1. The first-order valence-corrected chi connectivity index (χ1v) is 8.27. The first-order chi connectivity index (χ1) is 10.9. The zero-order valence-electron chi connectivity index (χ0n) is 15.1. The first kappa shape index (κ1) is 19.2. The summed E-state index contributed by atoms with van der Waals surface area (Å²) in [5.41, 5.74) is 2.67. The van der Waals surface area contributed by atoms with Crippen LogP contribution in [-0.2, 0) is 22.5 Å². The van der Waals surface area contributed by atoms with Gasteiger partial charge in [0.1, 0.15) is 11.4 Å². The number of hydrogen-bond acceptors (Lipinski definition) is 4. The Bertz CT molecular complexity index is 627. The summed E-state index contributed by atoms with van der Waals surface area (Å²) >= 11 is 0. The van der Waals surface area contributed by atoms with Crippen LogP contribution < -0.4 is 5.32 Å². The number of carbonyl (C=O) groups excluding carboxylic acids is 1. The van der Waals surface area contributed by atoms with E-state index in [0.29, 0.717) is 6.54 Å². The molecule has 2 rings (SSSR count). The van der Waals surface area contributed by atoms with Gasteiger partial charge in [-0.25, -0.2) is 4.98 Å². The predicted molar refractivity (Wildman–Crippen MR) is 94.4 cm³/mol. The van der Waals surface area contributed by atoms with E-state index in [0.717, 1.165) is 28.8 Å². The molecule has 0 radical (unpaired) electrons. The van der Waals surface area contributed by atoms with Crippen LogP contribution in [0.1, 0.15) is 52.9 Å². The normalized spacial score (nSPS) is 11.0. The molecule has 128 valence electrons. The van der Waals surface area contributed by atoms with Gasteiger partial charge >= 0.3 is 5.97 Å². The van der Waals surface area contributed by atoms with Crippen molar-refractivity contribution >= 4 is 17.0 Å². The molecule has 5 nitrogen and oxygen atoms in total. The highest BCUT2D eigenvalue weighted by Crippen LogP contribution is 2.14. The van der Waals surface area contributed by atoms with Gasteiger partial charge in [0.15, 0.2) is 0 Å². The number of benzene rings is 1. The summed E-state index contributed by atoms with van der Waals surface area (Å²) in [4.78, 5) is 19.4. The summed E-state index contributed by atoms with van der Waals surface area (Å²) in [5.74, 6) is 0.752. The molecule has 23 heavy (non-hydrogen) atoms. The van der Waals surface area contributed by atoms with Gasteiger partial charge < -0.3 is 15.0 Å². The van der Waals surface area contributed by atoms with Crippen LogP contribution in [0.2, 0.25) is 0 Å². The van der Waals surface area contributed by atoms with Crippen molar-refractivity contribution in [3.05, 3.63) is 29.6 Å². The summed E-state index contributed by atoms with van der Waals surface area (Å²) in [6.07, 6.45) is 0.890. The monoisotopic (exact) mass is 319 g/mol. The number of nitrogens with zero attached hydrogens (tertiary/aromatic N) is 1. The first-order valence-electron chi connectivity index (χ1n) is 8.27. The topological polar surface area (TPSA) is 67.0 Å². The van der Waals surface area contributed by atoms with Gasteiger partial charge in [0, 0.05) is 13.0 Å². The van der Waals surface area contributed by atoms with Crippen molar-refractivity contribution in [3.8, 4) is 0 Å². The second kappa shape index (κ2) is 8.67. The fourth-order valence-corrected chi connectivity index (χ4v) is 2.07. The van der Waals surface area contributed by atoms with Crippen LogP contribution in [0, 0.1) is 0 Å². The van der Waals surface area contributed by atoms with Crippen LogP contribution >= 0.6 is 0 Å². The molecule has 2 N–H and O–H groups in total. The molecule has 1 heterocycles. The lowest BCUT2D eigenvalue weighted by molar-refractivity contribution is -0.153. The minimum atomic E-state index is -0.440. The lowest BCUT2D eigenvalue weighted by atomic mass is 10.2. The summed E-state index contributed by atoms with van der Waals surface area (Å²) in [6.45, 7) is 12.5. The average Bonchev–Trinajstić information content (AvgIpc) is 2.90. The van der Waals surface area contributed by atoms with E-state index in [9.17, 15) is 4.79 Å². The number of aromatic amines is 1. The molecule has 0 amide bonds. The molecule has 0 saturated carbocycles. The van der Waals surface area contributed by atoms with Crippen LogP contribution in [0.25, 0.3) is 11.0 Å². The number of ether oxygens (including phenoxy) is 1. The van der Waals surface area contributed by atoms with E-state index in [-0.39, 0.29) is 12.5 Å². The van der Waals surface area contributed by atoms with Gasteiger partial charge in [-0.05, 0) is 38.5 Å². The Hall–Kier alpha value is -1.88. The third kappa shape index (κ3) is 6.40. The maximum Gasteiger partial charge on any atom is 0.320 e. The van der Waals surface area contributed by atoms with Crippen molar-refractivity contribution < 1.29 is 9.53 Å². The van der Waals surface area contributed by atoms with Gasteiger partial charge in [0.2, 0.25) is 0 Å². The van der Waals surface area contributed by atoms with Crippen molar-refractivity contribution in [1.82, 2.24) is 15.3 Å². The number of hydrogen-bond donors (Lipinski definition) is 2. The standard InChI is InChI=1S/C16H23N3O2.C2H6/c1-5-14-18-12-7-6-11(8-13(12)19-14)9-17-10-15(20)21-16(2,3)4;1-2/h6-8,17H,5,9-10H2,1-4H3,(H,18,19);1-2H3. The van der Waals surface area contributed by atoms with Crippen LogP contribution in [0.4, 0.5) is 0 Å². The largest absolute Gasteiger partial charge is 0.459 e. The van der Waals surface area contributed by atoms with Crippen LogP contribution in [0.5, 0.6) is 0 Å². The van der Waals surface area contributed by atoms with E-state index in [2.05, 4.69) is 28.3 Å². The highest BCUT2D eigenvalue weighted by molar-refractivity contribution is 5.76. The van der Waals surface area contributed by atoms with E-state index >= 15 is 0 Å². The molecule has 0 aliphatic rings. The number of imidazole rings is 1. The van der Waals surface area contributed by atoms with Crippen LogP contribution in [0.3, 0.4) is 0 Å². The molecule has 1 aromatic carbocycles.